The molecular formula is C20H23ClN6O2. The molecule has 3 amide bonds. The topological polar surface area (TPSA) is 71.5 Å². The number of hydrogen-bond acceptors (Lipinski definition) is 6. The Kier molecular flexibility index (Phi) is 5.16. The Morgan fingerprint density at radius 1 is 1.21 bits per heavy atom. The zero-order valence-corrected chi connectivity index (χ0v) is 16.9. The summed E-state index contributed by atoms with van der Waals surface area (Å²) in [7, 11) is 1.70. The first-order valence-corrected chi connectivity index (χ1v) is 9.76. The number of carbonyl (C=O) groups is 2. The minimum Gasteiger partial charge on any atom is -0.310 e. The molecule has 29 heavy (non-hydrogen) atoms. The van der Waals surface area contributed by atoms with Gasteiger partial charge in [-0.25, -0.2) is 9.69 Å². The van der Waals surface area contributed by atoms with E-state index in [-0.39, 0.29) is 24.8 Å². The fourth-order valence-electron chi connectivity index (χ4n) is 4.05. The van der Waals surface area contributed by atoms with E-state index in [9.17, 15) is 9.59 Å². The number of imide groups is 1. The second kappa shape index (κ2) is 7.62. The molecule has 0 spiro atoms. The summed E-state index contributed by atoms with van der Waals surface area (Å²) in [5.41, 5.74) is 1.76. The van der Waals surface area contributed by atoms with Gasteiger partial charge in [0.25, 0.3) is 5.91 Å². The fraction of sp³-hybridized carbons (Fsp3) is 0.350. The third-order valence-corrected chi connectivity index (χ3v) is 5.68. The number of rotatable bonds is 5. The molecule has 4 rings (SSSR count). The van der Waals surface area contributed by atoms with Gasteiger partial charge in [-0.05, 0) is 17.7 Å². The Morgan fingerprint density at radius 3 is 2.55 bits per heavy atom. The molecule has 3 heterocycles. The second-order valence-electron chi connectivity index (χ2n) is 7.20. The van der Waals surface area contributed by atoms with Crippen molar-refractivity contribution in [2.75, 3.05) is 26.7 Å². The van der Waals surface area contributed by atoms with Gasteiger partial charge in [-0.2, -0.15) is 5.10 Å². The number of nitrogens with zero attached hydrogens (tertiary/aromatic N) is 5. The molecule has 3 unspecified atom stereocenters. The van der Waals surface area contributed by atoms with Gasteiger partial charge in [0.1, 0.15) is 12.2 Å². The highest BCUT2D eigenvalue weighted by Gasteiger charge is 2.56. The third kappa shape index (κ3) is 3.23. The molecule has 0 bridgehead atoms. The monoisotopic (exact) mass is 414 g/mol. The molecule has 1 N–H and O–H groups in total. The number of nitrogens with one attached hydrogen (secondary N) is 1. The van der Waals surface area contributed by atoms with Gasteiger partial charge in [-0.3, -0.25) is 20.0 Å². The van der Waals surface area contributed by atoms with Crippen LogP contribution < -0.4 is 5.32 Å². The normalized spacial score (nSPS) is 26.9. The fourth-order valence-corrected chi connectivity index (χ4v) is 4.18. The quantitative estimate of drug-likeness (QED) is 0.739. The molecule has 3 aliphatic rings. The van der Waals surface area contributed by atoms with Crippen LogP contribution in [0.25, 0.3) is 0 Å². The Bertz CT molecular complexity index is 885. The molecule has 1 aromatic carbocycles. The summed E-state index contributed by atoms with van der Waals surface area (Å²) in [6, 6.07) is 6.61. The standard InChI is InChI=1S/C20H23ClN6O2/c1-4-10-25-18(28)16-17(24(3)20(25)29)22-19-26(16)12-15(23-27(19)11-5-2)13-6-8-14(21)9-7-13/h4-9,16-17,19,22H,1-2,10-12H2,3H3. The molecule has 8 nitrogen and oxygen atoms in total. The first kappa shape index (κ1) is 19.6. The number of benzene rings is 1. The number of likely N-dealkylation sites (N-methyl/N-ethyl adjacent to an activating group) is 1. The highest BCUT2D eigenvalue weighted by molar-refractivity contribution is 6.30. The average Bonchev–Trinajstić information content (AvgIpc) is 3.10. The predicted octanol–water partition coefficient (Wildman–Crippen LogP) is 1.51. The van der Waals surface area contributed by atoms with Crippen LogP contribution in [0.3, 0.4) is 0 Å². The van der Waals surface area contributed by atoms with Crippen LogP contribution in [0.2, 0.25) is 5.02 Å². The molecule has 3 aliphatic heterocycles. The second-order valence-corrected chi connectivity index (χ2v) is 7.63. The first-order chi connectivity index (χ1) is 14.0. The van der Waals surface area contributed by atoms with Crippen LogP contribution in [-0.4, -0.2) is 82.5 Å². The SMILES string of the molecule is C=CCN1C(=O)C2C(NC3N(CC=C)N=C(c4ccc(Cl)cc4)CN23)N(C)C1=O. The highest BCUT2D eigenvalue weighted by atomic mass is 35.5. The van der Waals surface area contributed by atoms with Gasteiger partial charge in [0.15, 0.2) is 6.29 Å². The van der Waals surface area contributed by atoms with Crippen molar-refractivity contribution in [2.45, 2.75) is 18.5 Å². The maximum Gasteiger partial charge on any atom is 0.328 e. The Hall–Kier alpha value is -2.68. The Morgan fingerprint density at radius 2 is 1.90 bits per heavy atom. The van der Waals surface area contributed by atoms with Crippen molar-refractivity contribution in [3.05, 3.63) is 60.2 Å². The van der Waals surface area contributed by atoms with E-state index in [2.05, 4.69) is 18.5 Å². The van der Waals surface area contributed by atoms with E-state index in [1.165, 1.54) is 4.90 Å². The third-order valence-electron chi connectivity index (χ3n) is 5.43. The van der Waals surface area contributed by atoms with Crippen LogP contribution in [0.4, 0.5) is 4.79 Å². The lowest BCUT2D eigenvalue weighted by atomic mass is 10.1. The zero-order chi connectivity index (χ0) is 20.7. The van der Waals surface area contributed by atoms with Gasteiger partial charge < -0.3 is 4.90 Å². The molecule has 2 saturated heterocycles. The van der Waals surface area contributed by atoms with E-state index in [0.29, 0.717) is 18.1 Å². The lowest BCUT2D eigenvalue weighted by Gasteiger charge is -2.42. The lowest BCUT2D eigenvalue weighted by molar-refractivity contribution is -0.138. The van der Waals surface area contributed by atoms with Crippen molar-refractivity contribution >= 4 is 29.3 Å². The van der Waals surface area contributed by atoms with E-state index in [4.69, 9.17) is 16.7 Å². The van der Waals surface area contributed by atoms with E-state index < -0.39 is 12.2 Å². The molecule has 152 valence electrons. The Labute approximate surface area is 174 Å². The lowest BCUT2D eigenvalue weighted by Crippen LogP contribution is -2.66. The molecule has 0 radical (unpaired) electrons. The number of hydrogen-bond donors (Lipinski definition) is 1. The van der Waals surface area contributed by atoms with E-state index >= 15 is 0 Å². The highest BCUT2D eigenvalue weighted by Crippen LogP contribution is 2.31. The van der Waals surface area contributed by atoms with Crippen molar-refractivity contribution < 1.29 is 9.59 Å². The molecule has 0 aromatic heterocycles. The number of halogens is 1. The molecule has 1 aromatic rings. The van der Waals surface area contributed by atoms with E-state index in [0.717, 1.165) is 11.3 Å². The van der Waals surface area contributed by atoms with Crippen LogP contribution in [0.1, 0.15) is 5.56 Å². The number of carbonyl (C=O) groups excluding carboxylic acids is 2. The molecule has 3 atom stereocenters. The summed E-state index contributed by atoms with van der Waals surface area (Å²) in [5, 5.41) is 10.7. The first-order valence-electron chi connectivity index (χ1n) is 9.38. The minimum absolute atomic E-state index is 0.179. The van der Waals surface area contributed by atoms with Gasteiger partial charge in [0, 0.05) is 25.2 Å². The van der Waals surface area contributed by atoms with Crippen molar-refractivity contribution in [3.63, 3.8) is 0 Å². The van der Waals surface area contributed by atoms with Gasteiger partial charge >= 0.3 is 6.03 Å². The van der Waals surface area contributed by atoms with Crippen molar-refractivity contribution in [3.8, 4) is 0 Å². The van der Waals surface area contributed by atoms with E-state index in [1.54, 1.807) is 24.1 Å². The maximum absolute atomic E-state index is 13.2. The number of fused-ring (bicyclic) bond motifs is 3. The largest absolute Gasteiger partial charge is 0.328 e. The predicted molar refractivity (Wildman–Crippen MR) is 111 cm³/mol. The molecular weight excluding hydrogens is 392 g/mol. The number of urea groups is 1. The molecule has 2 fully saturated rings. The minimum atomic E-state index is -0.521. The van der Waals surface area contributed by atoms with Gasteiger partial charge in [-0.15, -0.1) is 13.2 Å². The summed E-state index contributed by atoms with van der Waals surface area (Å²) in [6.45, 7) is 8.62. The molecule has 0 aliphatic carbocycles. The van der Waals surface area contributed by atoms with Gasteiger partial charge in [0.2, 0.25) is 0 Å². The van der Waals surface area contributed by atoms with Crippen molar-refractivity contribution in [1.82, 2.24) is 25.0 Å². The van der Waals surface area contributed by atoms with Crippen molar-refractivity contribution in [2.24, 2.45) is 5.10 Å². The summed E-state index contributed by atoms with van der Waals surface area (Å²) in [4.78, 5) is 30.7. The van der Waals surface area contributed by atoms with Crippen LogP contribution in [0.5, 0.6) is 0 Å². The van der Waals surface area contributed by atoms with Crippen LogP contribution in [-0.2, 0) is 4.79 Å². The van der Waals surface area contributed by atoms with Crippen LogP contribution in [0, 0.1) is 0 Å². The average molecular weight is 415 g/mol. The Balaban J connectivity index is 1.70. The summed E-state index contributed by atoms with van der Waals surface area (Å²) < 4.78 is 0. The zero-order valence-electron chi connectivity index (χ0n) is 16.2. The van der Waals surface area contributed by atoms with Crippen LogP contribution >= 0.6 is 11.6 Å². The van der Waals surface area contributed by atoms with Gasteiger partial charge in [0.05, 0.1) is 12.3 Å². The maximum atomic E-state index is 13.2. The van der Waals surface area contributed by atoms with E-state index in [1.807, 2.05) is 34.2 Å². The number of hydrazone groups is 1. The smallest absolute Gasteiger partial charge is 0.310 e. The number of amides is 3. The summed E-state index contributed by atoms with van der Waals surface area (Å²) in [6.07, 6.45) is 2.57. The molecule has 0 saturated carbocycles. The van der Waals surface area contributed by atoms with Gasteiger partial charge in [-0.1, -0.05) is 35.9 Å². The summed E-state index contributed by atoms with van der Waals surface area (Å²) in [5.74, 6) is -0.232. The molecule has 9 heteroatoms. The van der Waals surface area contributed by atoms with Crippen LogP contribution in [0.15, 0.2) is 54.7 Å². The summed E-state index contributed by atoms with van der Waals surface area (Å²) >= 11 is 6.02. The van der Waals surface area contributed by atoms with Crippen molar-refractivity contribution in [1.29, 1.82) is 0 Å².